The van der Waals surface area contributed by atoms with E-state index in [1.807, 2.05) is 13.8 Å². The van der Waals surface area contributed by atoms with Crippen LogP contribution in [0.2, 0.25) is 0 Å². The van der Waals surface area contributed by atoms with Gasteiger partial charge in [-0.2, -0.15) is 0 Å². The number of nitro groups is 1. The Hall–Kier alpha value is -2.96. The molecule has 22 heavy (non-hydrogen) atoms. The van der Waals surface area contributed by atoms with Crippen LogP contribution >= 0.6 is 0 Å². The van der Waals surface area contributed by atoms with Crippen molar-refractivity contribution in [2.75, 3.05) is 0 Å². The lowest BCUT2D eigenvalue weighted by Crippen LogP contribution is -2.27. The highest BCUT2D eigenvalue weighted by molar-refractivity contribution is 6.14. The first-order chi connectivity index (χ1) is 10.2. The van der Waals surface area contributed by atoms with Gasteiger partial charge in [0.05, 0.1) is 10.5 Å². The number of amides is 1. The van der Waals surface area contributed by atoms with Crippen molar-refractivity contribution in [3.63, 3.8) is 0 Å². The number of nitrogens with one attached hydrogen (secondary N) is 1. The quantitative estimate of drug-likeness (QED) is 0.493. The fourth-order valence-corrected chi connectivity index (χ4v) is 1.25. The highest BCUT2D eigenvalue weighted by atomic mass is 16.6. The summed E-state index contributed by atoms with van der Waals surface area (Å²) in [7, 11) is 0. The molecular formula is C15H18N2O5. The van der Waals surface area contributed by atoms with E-state index >= 15 is 0 Å². The summed E-state index contributed by atoms with van der Waals surface area (Å²) in [6, 6.07) is 5.40. The predicted octanol–water partition coefficient (Wildman–Crippen LogP) is 2.39. The van der Waals surface area contributed by atoms with Crippen molar-refractivity contribution >= 4 is 23.1 Å². The van der Waals surface area contributed by atoms with Crippen LogP contribution in [-0.4, -0.2) is 27.9 Å². The van der Waals surface area contributed by atoms with Gasteiger partial charge in [0, 0.05) is 18.2 Å². The maximum atomic E-state index is 10.5. The third-order valence-corrected chi connectivity index (χ3v) is 2.30. The number of aliphatic carboxylic acids is 1. The third kappa shape index (κ3) is 6.99. The molecule has 2 N–H and O–H groups in total. The molecule has 0 aliphatic rings. The molecule has 1 rings (SSSR count). The lowest BCUT2D eigenvalue weighted by atomic mass is 10.1. The second kappa shape index (κ2) is 9.06. The van der Waals surface area contributed by atoms with Crippen LogP contribution in [0.1, 0.15) is 19.4 Å². The van der Waals surface area contributed by atoms with Gasteiger partial charge in [-0.3, -0.25) is 14.9 Å². The normalized spacial score (nSPS) is 9.23. The molecule has 1 aromatic rings. The molecule has 7 heteroatoms. The monoisotopic (exact) mass is 306 g/mol. The molecule has 118 valence electrons. The fraction of sp³-hybridized carbons (Fsp3) is 0.200. The molecule has 1 amide bonds. The minimum absolute atomic E-state index is 0.0769. The predicted molar refractivity (Wildman–Crippen MR) is 83.2 cm³/mol. The number of carboxylic acids is 1. The summed E-state index contributed by atoms with van der Waals surface area (Å²) in [6.07, 6.45) is 1.26. The van der Waals surface area contributed by atoms with Crippen molar-refractivity contribution in [2.24, 2.45) is 0 Å². The van der Waals surface area contributed by atoms with Gasteiger partial charge in [-0.05, 0) is 37.6 Å². The van der Waals surface area contributed by atoms with Gasteiger partial charge in [-0.1, -0.05) is 13.2 Å². The second-order valence-electron chi connectivity index (χ2n) is 4.46. The average molecular weight is 306 g/mol. The molecule has 0 fully saturated rings. The second-order valence-corrected chi connectivity index (χ2v) is 4.46. The van der Waals surface area contributed by atoms with Gasteiger partial charge in [0.1, 0.15) is 0 Å². The summed E-state index contributed by atoms with van der Waals surface area (Å²) < 4.78 is 0. The van der Waals surface area contributed by atoms with E-state index in [-0.39, 0.29) is 23.2 Å². The Bertz CT molecular complexity index is 576. The first kappa shape index (κ1) is 19.0. The van der Waals surface area contributed by atoms with Gasteiger partial charge in [0.2, 0.25) is 5.91 Å². The van der Waals surface area contributed by atoms with Crippen LogP contribution in [0.25, 0.3) is 5.57 Å². The number of carbonyl (C=O) groups is 2. The number of non-ortho nitro benzene ring substituents is 1. The molecule has 0 aliphatic carbocycles. The molecule has 0 bridgehead atoms. The van der Waals surface area contributed by atoms with Gasteiger partial charge in [-0.25, -0.2) is 4.79 Å². The van der Waals surface area contributed by atoms with Gasteiger partial charge in [0.25, 0.3) is 5.69 Å². The molecule has 0 spiro atoms. The third-order valence-electron chi connectivity index (χ3n) is 2.30. The SMILES string of the molecule is C=C(C(=O)O)c1ccc([N+](=O)[O-])cc1.C=CC(=O)NC(C)C. The van der Waals surface area contributed by atoms with E-state index in [0.29, 0.717) is 5.56 Å². The largest absolute Gasteiger partial charge is 0.478 e. The van der Waals surface area contributed by atoms with E-state index in [2.05, 4.69) is 18.5 Å². The van der Waals surface area contributed by atoms with E-state index < -0.39 is 10.9 Å². The molecule has 0 aromatic heterocycles. The number of hydrogen-bond acceptors (Lipinski definition) is 4. The van der Waals surface area contributed by atoms with Gasteiger partial charge in [0.15, 0.2) is 0 Å². The van der Waals surface area contributed by atoms with Gasteiger partial charge in [-0.15, -0.1) is 0 Å². The van der Waals surface area contributed by atoms with E-state index in [9.17, 15) is 19.7 Å². The zero-order chi connectivity index (χ0) is 17.3. The minimum atomic E-state index is -1.14. The summed E-state index contributed by atoms with van der Waals surface area (Å²) >= 11 is 0. The lowest BCUT2D eigenvalue weighted by molar-refractivity contribution is -0.384. The Labute approximate surface area is 128 Å². The molecule has 0 aliphatic heterocycles. The Balaban J connectivity index is 0.000000472. The van der Waals surface area contributed by atoms with Crippen molar-refractivity contribution in [2.45, 2.75) is 19.9 Å². The van der Waals surface area contributed by atoms with E-state index in [1.54, 1.807) is 0 Å². The minimum Gasteiger partial charge on any atom is -0.478 e. The molecule has 1 aromatic carbocycles. The van der Waals surface area contributed by atoms with Gasteiger partial charge < -0.3 is 10.4 Å². The van der Waals surface area contributed by atoms with Crippen LogP contribution in [-0.2, 0) is 9.59 Å². The van der Waals surface area contributed by atoms with Crippen molar-refractivity contribution in [1.82, 2.24) is 5.32 Å². The summed E-state index contributed by atoms with van der Waals surface area (Å²) in [5, 5.41) is 21.5. The zero-order valence-electron chi connectivity index (χ0n) is 12.4. The Morgan fingerprint density at radius 1 is 1.32 bits per heavy atom. The zero-order valence-corrected chi connectivity index (χ0v) is 12.4. The summed E-state index contributed by atoms with van der Waals surface area (Å²) in [5.74, 6) is -1.25. The Morgan fingerprint density at radius 2 is 1.82 bits per heavy atom. The lowest BCUT2D eigenvalue weighted by Gasteiger charge is -2.02. The van der Waals surface area contributed by atoms with Gasteiger partial charge >= 0.3 is 5.97 Å². The summed E-state index contributed by atoms with van der Waals surface area (Å²) in [5.41, 5.74) is 0.204. The Kier molecular flexibility index (Phi) is 7.84. The number of nitrogens with zero attached hydrogens (tertiary/aromatic N) is 1. The maximum Gasteiger partial charge on any atom is 0.335 e. The summed E-state index contributed by atoms with van der Waals surface area (Å²) in [6.45, 7) is 10.4. The van der Waals surface area contributed by atoms with Crippen LogP contribution in [0.3, 0.4) is 0 Å². The standard InChI is InChI=1S/C9H7NO4.C6H11NO/c1-6(9(11)12)7-2-4-8(5-3-7)10(13)14;1-4-6(8)7-5(2)3/h2-5H,1H2,(H,11,12);4-5H,1H2,2-3H3,(H,7,8). The van der Waals surface area contributed by atoms with E-state index in [0.717, 1.165) is 0 Å². The molecule has 0 unspecified atom stereocenters. The first-order valence-corrected chi connectivity index (χ1v) is 6.29. The van der Waals surface area contributed by atoms with Crippen molar-refractivity contribution in [3.05, 3.63) is 59.2 Å². The summed E-state index contributed by atoms with van der Waals surface area (Å²) in [4.78, 5) is 30.6. The molecule has 0 saturated carbocycles. The number of rotatable bonds is 5. The first-order valence-electron chi connectivity index (χ1n) is 6.29. The molecule has 0 heterocycles. The number of carboxylic acid groups (broad SMARTS) is 1. The van der Waals surface area contributed by atoms with Crippen molar-refractivity contribution in [1.29, 1.82) is 0 Å². The smallest absolute Gasteiger partial charge is 0.335 e. The molecule has 0 radical (unpaired) electrons. The number of hydrogen-bond donors (Lipinski definition) is 2. The van der Waals surface area contributed by atoms with Crippen molar-refractivity contribution < 1.29 is 19.6 Å². The van der Waals surface area contributed by atoms with Crippen LogP contribution in [0.4, 0.5) is 5.69 Å². The molecule has 0 atom stereocenters. The molecule has 0 saturated heterocycles. The van der Waals surface area contributed by atoms with Crippen LogP contribution < -0.4 is 5.32 Å². The number of benzene rings is 1. The van der Waals surface area contributed by atoms with E-state index in [4.69, 9.17) is 5.11 Å². The molecular weight excluding hydrogens is 288 g/mol. The van der Waals surface area contributed by atoms with Crippen LogP contribution in [0, 0.1) is 10.1 Å². The average Bonchev–Trinajstić information content (AvgIpc) is 2.46. The number of nitro benzene ring substituents is 1. The fourth-order valence-electron chi connectivity index (χ4n) is 1.25. The molecule has 7 nitrogen and oxygen atoms in total. The number of carbonyl (C=O) groups excluding carboxylic acids is 1. The Morgan fingerprint density at radius 3 is 2.09 bits per heavy atom. The van der Waals surface area contributed by atoms with Crippen molar-refractivity contribution in [3.8, 4) is 0 Å². The highest BCUT2D eigenvalue weighted by Gasteiger charge is 2.09. The van der Waals surface area contributed by atoms with Crippen LogP contribution in [0.5, 0.6) is 0 Å². The van der Waals surface area contributed by atoms with E-state index in [1.165, 1.54) is 30.3 Å². The topological polar surface area (TPSA) is 110 Å². The maximum absolute atomic E-state index is 10.5. The van der Waals surface area contributed by atoms with Crippen LogP contribution in [0.15, 0.2) is 43.5 Å². The highest BCUT2D eigenvalue weighted by Crippen LogP contribution is 2.17.